The first kappa shape index (κ1) is 11.5. The van der Waals surface area contributed by atoms with E-state index in [1.165, 1.54) is 0 Å². The summed E-state index contributed by atoms with van der Waals surface area (Å²) < 4.78 is 1.68. The molecule has 0 bridgehead atoms. The molecule has 3 rings (SSSR count). The summed E-state index contributed by atoms with van der Waals surface area (Å²) in [6.45, 7) is 0.458. The van der Waals surface area contributed by atoms with E-state index >= 15 is 0 Å². The Morgan fingerprint density at radius 3 is 2.79 bits per heavy atom. The third kappa shape index (κ3) is 2.20. The van der Waals surface area contributed by atoms with E-state index in [1.807, 2.05) is 36.4 Å². The lowest BCUT2D eigenvalue weighted by molar-refractivity contribution is 0.0685. The van der Waals surface area contributed by atoms with E-state index in [1.54, 1.807) is 22.9 Å². The molecule has 0 saturated carbocycles. The minimum atomic E-state index is -0.925. The fourth-order valence-corrected chi connectivity index (χ4v) is 2.12. The molecule has 4 heteroatoms. The number of para-hydroxylation sites is 1. The molecule has 1 N–H and O–H groups in total. The van der Waals surface area contributed by atoms with Gasteiger partial charge in [-0.05, 0) is 24.3 Å². The Balaban J connectivity index is 1.97. The lowest BCUT2D eigenvalue weighted by atomic mass is 10.2. The normalized spacial score (nSPS) is 10.7. The Kier molecular flexibility index (Phi) is 2.76. The Hall–Kier alpha value is -2.62. The first-order chi connectivity index (χ1) is 9.24. The van der Waals surface area contributed by atoms with Crippen LogP contribution < -0.4 is 0 Å². The van der Waals surface area contributed by atoms with E-state index < -0.39 is 5.97 Å². The topological polar surface area (TPSA) is 55.1 Å². The lowest BCUT2D eigenvalue weighted by Gasteiger charge is -2.06. The molecule has 2 heterocycles. The summed E-state index contributed by atoms with van der Waals surface area (Å²) in [5, 5.41) is 10.1. The minimum Gasteiger partial charge on any atom is -0.477 e. The molecule has 0 atom stereocenters. The molecule has 94 valence electrons. The van der Waals surface area contributed by atoms with Gasteiger partial charge in [0.1, 0.15) is 5.69 Å². The number of benzene rings is 1. The maximum atomic E-state index is 11.0. The molecule has 1 aromatic carbocycles. The van der Waals surface area contributed by atoms with Crippen LogP contribution in [0.2, 0.25) is 0 Å². The van der Waals surface area contributed by atoms with Crippen molar-refractivity contribution in [3.63, 3.8) is 0 Å². The molecular weight excluding hydrogens is 240 g/mol. The summed E-state index contributed by atoms with van der Waals surface area (Å²) in [5.41, 5.74) is 2.04. The van der Waals surface area contributed by atoms with E-state index in [0.29, 0.717) is 6.54 Å². The fourth-order valence-electron chi connectivity index (χ4n) is 2.12. The van der Waals surface area contributed by atoms with Crippen molar-refractivity contribution >= 4 is 16.9 Å². The fraction of sp³-hybridized carbons (Fsp3) is 0.0667. The zero-order valence-corrected chi connectivity index (χ0v) is 10.2. The highest BCUT2D eigenvalue weighted by Crippen LogP contribution is 2.13. The molecule has 0 aliphatic heterocycles. The molecule has 3 aromatic rings. The molecule has 0 fully saturated rings. The maximum Gasteiger partial charge on any atom is 0.352 e. The van der Waals surface area contributed by atoms with Crippen molar-refractivity contribution in [3.8, 4) is 0 Å². The van der Waals surface area contributed by atoms with Crippen LogP contribution >= 0.6 is 0 Å². The highest BCUT2D eigenvalue weighted by atomic mass is 16.4. The van der Waals surface area contributed by atoms with E-state index in [4.69, 9.17) is 5.11 Å². The molecule has 0 saturated heterocycles. The number of aromatic carboxylic acids is 1. The number of carboxylic acid groups (broad SMARTS) is 1. The van der Waals surface area contributed by atoms with Gasteiger partial charge < -0.3 is 9.67 Å². The van der Waals surface area contributed by atoms with Crippen molar-refractivity contribution in [2.45, 2.75) is 6.54 Å². The monoisotopic (exact) mass is 252 g/mol. The van der Waals surface area contributed by atoms with Crippen molar-refractivity contribution < 1.29 is 9.90 Å². The Morgan fingerprint density at radius 2 is 1.95 bits per heavy atom. The number of hydrogen-bond donors (Lipinski definition) is 1. The zero-order valence-electron chi connectivity index (χ0n) is 10.2. The quantitative estimate of drug-likeness (QED) is 0.779. The Labute approximate surface area is 109 Å². The summed E-state index contributed by atoms with van der Waals surface area (Å²) in [6, 6.07) is 15.1. The van der Waals surface area contributed by atoms with Crippen LogP contribution in [0.4, 0.5) is 0 Å². The Bertz CT molecular complexity index is 746. The van der Waals surface area contributed by atoms with Gasteiger partial charge in [-0.15, -0.1) is 0 Å². The van der Waals surface area contributed by atoms with Gasteiger partial charge in [0.15, 0.2) is 0 Å². The van der Waals surface area contributed by atoms with Crippen molar-refractivity contribution in [1.82, 2.24) is 9.55 Å². The van der Waals surface area contributed by atoms with Crippen LogP contribution in [0, 0.1) is 0 Å². The van der Waals surface area contributed by atoms with Gasteiger partial charge in [0.25, 0.3) is 0 Å². The second-order valence-electron chi connectivity index (χ2n) is 4.32. The number of carbonyl (C=O) groups is 1. The highest BCUT2D eigenvalue weighted by molar-refractivity contribution is 5.85. The summed E-state index contributed by atoms with van der Waals surface area (Å²) >= 11 is 0. The van der Waals surface area contributed by atoms with Crippen LogP contribution in [-0.4, -0.2) is 20.6 Å². The standard InChI is InChI=1S/C15H12N2O2/c18-15(19)14-6-3-9-17(14)10-12-8-7-11-4-1-2-5-13(11)16-12/h1-9H,10H2,(H,18,19). The average molecular weight is 252 g/mol. The molecule has 0 spiro atoms. The van der Waals surface area contributed by atoms with Crippen molar-refractivity contribution in [1.29, 1.82) is 0 Å². The van der Waals surface area contributed by atoms with Crippen LogP contribution in [0.1, 0.15) is 16.2 Å². The third-order valence-electron chi connectivity index (χ3n) is 3.04. The first-order valence-electron chi connectivity index (χ1n) is 5.97. The predicted molar refractivity (Wildman–Crippen MR) is 72.2 cm³/mol. The molecule has 19 heavy (non-hydrogen) atoms. The summed E-state index contributed by atoms with van der Waals surface area (Å²) in [6.07, 6.45) is 1.75. The molecular formula is C15H12N2O2. The van der Waals surface area contributed by atoms with Gasteiger partial charge in [-0.25, -0.2) is 4.79 Å². The van der Waals surface area contributed by atoms with E-state index in [0.717, 1.165) is 16.6 Å². The average Bonchev–Trinajstić information content (AvgIpc) is 2.87. The van der Waals surface area contributed by atoms with Crippen molar-refractivity contribution in [2.75, 3.05) is 0 Å². The van der Waals surface area contributed by atoms with Gasteiger partial charge in [-0.1, -0.05) is 24.3 Å². The van der Waals surface area contributed by atoms with E-state index in [-0.39, 0.29) is 5.69 Å². The molecule has 0 radical (unpaired) electrons. The lowest BCUT2D eigenvalue weighted by Crippen LogP contribution is -2.09. The number of aromatic nitrogens is 2. The van der Waals surface area contributed by atoms with Gasteiger partial charge in [0, 0.05) is 11.6 Å². The van der Waals surface area contributed by atoms with Crippen LogP contribution in [0.15, 0.2) is 54.7 Å². The van der Waals surface area contributed by atoms with Gasteiger partial charge in [-0.2, -0.15) is 0 Å². The second-order valence-corrected chi connectivity index (χ2v) is 4.32. The van der Waals surface area contributed by atoms with E-state index in [2.05, 4.69) is 4.98 Å². The first-order valence-corrected chi connectivity index (χ1v) is 5.97. The van der Waals surface area contributed by atoms with E-state index in [9.17, 15) is 4.79 Å². The second kappa shape index (κ2) is 4.57. The number of carboxylic acids is 1. The maximum absolute atomic E-state index is 11.0. The van der Waals surface area contributed by atoms with Crippen LogP contribution in [0.3, 0.4) is 0 Å². The Morgan fingerprint density at radius 1 is 1.11 bits per heavy atom. The number of pyridine rings is 1. The summed E-state index contributed by atoms with van der Waals surface area (Å²) in [7, 11) is 0. The summed E-state index contributed by atoms with van der Waals surface area (Å²) in [5.74, 6) is -0.925. The molecule has 2 aromatic heterocycles. The van der Waals surface area contributed by atoms with Crippen LogP contribution in [0.25, 0.3) is 10.9 Å². The summed E-state index contributed by atoms with van der Waals surface area (Å²) in [4.78, 5) is 15.6. The van der Waals surface area contributed by atoms with Gasteiger partial charge >= 0.3 is 5.97 Å². The number of rotatable bonds is 3. The highest BCUT2D eigenvalue weighted by Gasteiger charge is 2.09. The van der Waals surface area contributed by atoms with Gasteiger partial charge in [0.2, 0.25) is 0 Å². The third-order valence-corrected chi connectivity index (χ3v) is 3.04. The van der Waals surface area contributed by atoms with Crippen molar-refractivity contribution in [3.05, 3.63) is 66.1 Å². The molecule has 0 aliphatic rings. The largest absolute Gasteiger partial charge is 0.477 e. The molecule has 4 nitrogen and oxygen atoms in total. The molecule has 0 amide bonds. The predicted octanol–water partition coefficient (Wildman–Crippen LogP) is 2.78. The smallest absolute Gasteiger partial charge is 0.352 e. The number of fused-ring (bicyclic) bond motifs is 1. The van der Waals surface area contributed by atoms with Crippen molar-refractivity contribution in [2.24, 2.45) is 0 Å². The zero-order chi connectivity index (χ0) is 13.2. The van der Waals surface area contributed by atoms with Crippen LogP contribution in [0.5, 0.6) is 0 Å². The van der Waals surface area contributed by atoms with Crippen LogP contribution in [-0.2, 0) is 6.54 Å². The molecule has 0 aliphatic carbocycles. The molecule has 0 unspecified atom stereocenters. The SMILES string of the molecule is O=C(O)c1cccn1Cc1ccc2ccccc2n1. The number of nitrogens with zero attached hydrogens (tertiary/aromatic N) is 2. The minimum absolute atomic E-state index is 0.273. The number of hydrogen-bond acceptors (Lipinski definition) is 2. The van der Waals surface area contributed by atoms with Gasteiger partial charge in [0.05, 0.1) is 17.8 Å². The van der Waals surface area contributed by atoms with Gasteiger partial charge in [-0.3, -0.25) is 4.98 Å².